The van der Waals surface area contributed by atoms with Crippen molar-refractivity contribution in [2.75, 3.05) is 31.5 Å². The topological polar surface area (TPSA) is 229 Å². The molecule has 4 aliphatic heterocycles. The zero-order valence-electron chi connectivity index (χ0n) is 38.5. The van der Waals surface area contributed by atoms with Crippen LogP contribution in [0.25, 0.3) is 10.8 Å². The number of aromatic hydroxyl groups is 2. The lowest BCUT2D eigenvalue weighted by Gasteiger charge is -2.38. The Bertz CT molecular complexity index is 2380. The van der Waals surface area contributed by atoms with Crippen LogP contribution < -0.4 is 26.1 Å². The number of carbonyl (C=O) groups excluding carboxylic acids is 4. The van der Waals surface area contributed by atoms with E-state index in [2.05, 4.69) is 34.4 Å². The molecule has 6 rings (SSSR count). The molecule has 0 saturated carbocycles. The zero-order valence-corrected chi connectivity index (χ0v) is 38.5. The van der Waals surface area contributed by atoms with E-state index in [4.69, 9.17) is 19.2 Å². The van der Waals surface area contributed by atoms with Crippen LogP contribution in [0.3, 0.4) is 0 Å². The summed E-state index contributed by atoms with van der Waals surface area (Å²) in [4.78, 5) is 65.8. The van der Waals surface area contributed by atoms with Crippen LogP contribution in [0.1, 0.15) is 110 Å². The Kier molecular flexibility index (Phi) is 14.6. The smallest absolute Gasteiger partial charge is 0.315 e. The first-order chi connectivity index (χ1) is 30.2. The molecular weight excluding hydrogens is 823 g/mol. The highest BCUT2D eigenvalue weighted by Crippen LogP contribution is 2.51. The average molecular weight is 888 g/mol. The summed E-state index contributed by atoms with van der Waals surface area (Å²) in [5, 5.41) is 53.2. The van der Waals surface area contributed by atoms with Gasteiger partial charge in [-0.25, -0.2) is 4.99 Å². The number of piperidine rings is 1. The van der Waals surface area contributed by atoms with Gasteiger partial charge in [0.2, 0.25) is 5.91 Å². The Morgan fingerprint density at radius 3 is 2.41 bits per heavy atom. The van der Waals surface area contributed by atoms with Crippen molar-refractivity contribution in [3.05, 3.63) is 58.0 Å². The Balaban J connectivity index is 1.45. The summed E-state index contributed by atoms with van der Waals surface area (Å²) in [6.45, 7) is 18.7. The maximum atomic E-state index is 14.7. The number of nitrogens with one attached hydrogen (secondary N) is 2. The number of rotatable bonds is 7. The number of benzene rings is 2. The number of phenols is 2. The number of Topliss-reactive ketones (excluding diaryl/α,β-unsaturated/α-hetero) is 1. The number of carbonyl (C=O) groups is 4. The molecule has 7 atom stereocenters. The number of fused-ring (bicyclic) bond motifs is 1. The largest absolute Gasteiger partial charge is 0.507 e. The Morgan fingerprint density at radius 2 is 1.73 bits per heavy atom. The summed E-state index contributed by atoms with van der Waals surface area (Å²) in [6.07, 6.45) is 6.43. The van der Waals surface area contributed by atoms with Gasteiger partial charge in [0.25, 0.3) is 11.7 Å². The molecule has 1 spiro atoms. The minimum absolute atomic E-state index is 0.0569. The van der Waals surface area contributed by atoms with E-state index < -0.39 is 83.3 Å². The molecule has 6 N–H and O–H groups in total. The SMILES string of the molecule is CCCNC(=O)CC(=O)O[C@@H]1CC/C=C/O[C@@]2(C)Oc3c(C)c(O)c4c(O)c(c5c(c4c3C2=O)NC2(CCN(CC(C)C)CC2)N=5)=NC(=O)/C(C)=C\C=C\C(C)[C@H](O)[C@@H](C)[C@@H](O)[C@H]1C. The monoisotopic (exact) mass is 887 g/mol. The van der Waals surface area contributed by atoms with Gasteiger partial charge >= 0.3 is 11.8 Å². The van der Waals surface area contributed by atoms with Gasteiger partial charge in [-0.15, -0.1) is 0 Å². The normalized spacial score (nSPS) is 29.2. The van der Waals surface area contributed by atoms with E-state index in [1.165, 1.54) is 19.3 Å². The number of ether oxygens (including phenoxy) is 3. The number of aliphatic hydroxyl groups is 2. The molecule has 2 amide bonds. The van der Waals surface area contributed by atoms with Crippen LogP contribution in [-0.2, 0) is 23.9 Å². The molecule has 2 aromatic rings. The highest BCUT2D eigenvalue weighted by molar-refractivity contribution is 6.21. The summed E-state index contributed by atoms with van der Waals surface area (Å²) < 4.78 is 18.1. The first-order valence-electron chi connectivity index (χ1n) is 22.5. The first kappa shape index (κ1) is 48.1. The van der Waals surface area contributed by atoms with Crippen LogP contribution in [0.15, 0.2) is 46.1 Å². The third kappa shape index (κ3) is 9.69. The molecule has 0 aromatic heterocycles. The molecule has 4 aliphatic rings. The molecule has 1 saturated heterocycles. The molecular formula is C48H65N5O11. The van der Waals surface area contributed by atoms with Crippen molar-refractivity contribution in [2.45, 2.75) is 131 Å². The van der Waals surface area contributed by atoms with Gasteiger partial charge in [-0.1, -0.05) is 59.8 Å². The van der Waals surface area contributed by atoms with Crippen LogP contribution in [0.2, 0.25) is 0 Å². The van der Waals surface area contributed by atoms with Crippen LogP contribution >= 0.6 is 0 Å². The first-order valence-corrected chi connectivity index (χ1v) is 22.5. The maximum Gasteiger partial charge on any atom is 0.315 e. The molecule has 1 fully saturated rings. The summed E-state index contributed by atoms with van der Waals surface area (Å²) in [5.41, 5.74) is -0.123. The van der Waals surface area contributed by atoms with Crippen molar-refractivity contribution in [1.82, 2.24) is 10.2 Å². The van der Waals surface area contributed by atoms with Gasteiger partial charge in [-0.05, 0) is 45.1 Å². The van der Waals surface area contributed by atoms with E-state index in [0.29, 0.717) is 37.4 Å². The number of nitrogens with zero attached hydrogens (tertiary/aromatic N) is 3. The maximum absolute atomic E-state index is 14.7. The number of hydrogen-bond donors (Lipinski definition) is 6. The number of hydrogen-bond acceptors (Lipinski definition) is 14. The predicted molar refractivity (Wildman–Crippen MR) is 239 cm³/mol. The van der Waals surface area contributed by atoms with Crippen molar-refractivity contribution >= 4 is 40.0 Å². The van der Waals surface area contributed by atoms with Crippen molar-refractivity contribution in [1.29, 1.82) is 0 Å². The Hall–Kier alpha value is -5.32. The van der Waals surface area contributed by atoms with Crippen LogP contribution in [0, 0.1) is 30.6 Å². The zero-order chi connectivity index (χ0) is 46.8. The predicted octanol–water partition coefficient (Wildman–Crippen LogP) is 4.77. The van der Waals surface area contributed by atoms with Gasteiger partial charge in [-0.2, -0.15) is 0 Å². The molecule has 4 bridgehead atoms. The quantitative estimate of drug-likeness (QED) is 0.125. The minimum Gasteiger partial charge on any atom is -0.507 e. The standard InChI is InChI=1S/C48H65N5O11/c1-10-19-49-32(54)23-33(55)63-31-16-11-12-22-62-47(9)45(60)36-34-35(42(58)30(8)44(36)64-47)43(59)39(38-37(34)51-48(52-38)17-20-53(21-18-48)24-25(2)3)50-46(61)27(5)15-13-14-26(4)40(56)29(7)41(57)28(31)6/h12-15,22,25-26,28-29,31,40-41,51,56-59H,10-11,16-21,23-24H2,1-9H3,(H,49,54)/b14-13+,22-12+,27-15-,50-39?/t26?,28-,29+,31+,40-,41-,47-/m0/s1. The average Bonchev–Trinajstić information content (AvgIpc) is 3.75. The van der Waals surface area contributed by atoms with Gasteiger partial charge in [0.1, 0.15) is 40.4 Å². The van der Waals surface area contributed by atoms with Gasteiger partial charge < -0.3 is 50.2 Å². The number of esters is 1. The molecule has 0 radical (unpaired) electrons. The second-order valence-electron chi connectivity index (χ2n) is 18.5. The van der Waals surface area contributed by atoms with Crippen LogP contribution in [0.4, 0.5) is 5.69 Å². The number of likely N-dealkylation sites (tertiary alicyclic amines) is 1. The fraction of sp³-hybridized carbons (Fsp3) is 0.583. The minimum atomic E-state index is -1.92. The number of allylic oxidation sites excluding steroid dienone is 3. The fourth-order valence-corrected chi connectivity index (χ4v) is 9.08. The summed E-state index contributed by atoms with van der Waals surface area (Å²) >= 11 is 0. The lowest BCUT2D eigenvalue weighted by Crippen LogP contribution is -2.47. The lowest BCUT2D eigenvalue weighted by molar-refractivity contribution is -0.157. The molecule has 16 heteroatoms. The van der Waals surface area contributed by atoms with Gasteiger partial charge in [0.05, 0.1) is 35.1 Å². The lowest BCUT2D eigenvalue weighted by atomic mass is 9.81. The molecule has 1 unspecified atom stereocenters. The third-order valence-corrected chi connectivity index (χ3v) is 13.0. The van der Waals surface area contributed by atoms with E-state index in [0.717, 1.165) is 19.6 Å². The molecule has 348 valence electrons. The molecule has 2 aromatic carbocycles. The summed E-state index contributed by atoms with van der Waals surface area (Å²) in [5.74, 6) is -6.74. The molecule has 16 nitrogen and oxygen atoms in total. The number of amides is 2. The second kappa shape index (κ2) is 19.4. The van der Waals surface area contributed by atoms with Gasteiger partial charge in [0, 0.05) is 80.2 Å². The van der Waals surface area contributed by atoms with Crippen LogP contribution in [-0.4, -0.2) is 105 Å². The second-order valence-corrected chi connectivity index (χ2v) is 18.5. The fourth-order valence-electron chi connectivity index (χ4n) is 9.08. The van der Waals surface area contributed by atoms with Gasteiger partial charge in [-0.3, -0.25) is 24.2 Å². The number of anilines is 1. The molecule has 64 heavy (non-hydrogen) atoms. The summed E-state index contributed by atoms with van der Waals surface area (Å²) in [6, 6.07) is 0. The van der Waals surface area contributed by atoms with Crippen molar-refractivity contribution in [3.63, 3.8) is 0 Å². The van der Waals surface area contributed by atoms with Gasteiger partial charge in [0.15, 0.2) is 5.75 Å². The number of phenolic OH excluding ortho intramolecular Hbond substituents is 2. The van der Waals surface area contributed by atoms with E-state index in [-0.39, 0.29) is 62.5 Å². The van der Waals surface area contributed by atoms with E-state index in [1.807, 2.05) is 6.92 Å². The van der Waals surface area contributed by atoms with Crippen molar-refractivity contribution in [2.24, 2.45) is 33.7 Å². The van der Waals surface area contributed by atoms with E-state index >= 15 is 0 Å². The Morgan fingerprint density at radius 1 is 1.03 bits per heavy atom. The van der Waals surface area contributed by atoms with Crippen LogP contribution in [0.5, 0.6) is 17.2 Å². The van der Waals surface area contributed by atoms with E-state index in [1.54, 1.807) is 52.8 Å². The molecule has 0 aliphatic carbocycles. The highest BCUT2D eigenvalue weighted by Gasteiger charge is 2.50. The number of ketones is 1. The highest BCUT2D eigenvalue weighted by atomic mass is 16.7. The van der Waals surface area contributed by atoms with Crippen molar-refractivity contribution in [3.8, 4) is 17.2 Å². The van der Waals surface area contributed by atoms with E-state index in [9.17, 15) is 39.6 Å². The Labute approximate surface area is 374 Å². The number of aliphatic hydroxyl groups excluding tert-OH is 2. The molecule has 4 heterocycles. The van der Waals surface area contributed by atoms with Crippen molar-refractivity contribution < 1.29 is 53.8 Å². The summed E-state index contributed by atoms with van der Waals surface area (Å²) in [7, 11) is 0. The third-order valence-electron chi connectivity index (χ3n) is 13.0.